The van der Waals surface area contributed by atoms with Gasteiger partial charge in [-0.15, -0.1) is 0 Å². The molecule has 1 N–H and O–H groups in total. The van der Waals surface area contributed by atoms with E-state index in [9.17, 15) is 22.8 Å². The maximum Gasteiger partial charge on any atom is 0.417 e. The molecule has 5 nitrogen and oxygen atoms in total. The molecule has 0 spiro atoms. The first-order valence-electron chi connectivity index (χ1n) is 6.83. The third-order valence-corrected chi connectivity index (χ3v) is 3.17. The van der Waals surface area contributed by atoms with Crippen molar-refractivity contribution >= 4 is 5.91 Å². The molecule has 0 radical (unpaired) electrons. The molecule has 0 atom stereocenters. The van der Waals surface area contributed by atoms with Crippen LogP contribution in [0.5, 0.6) is 0 Å². The van der Waals surface area contributed by atoms with Gasteiger partial charge in [-0.2, -0.15) is 18.4 Å². The van der Waals surface area contributed by atoms with E-state index >= 15 is 0 Å². The number of alkyl halides is 3. The van der Waals surface area contributed by atoms with Crippen LogP contribution in [0.2, 0.25) is 0 Å². The first-order chi connectivity index (χ1) is 11.3. The number of hydrogen-bond donors (Lipinski definition) is 1. The third kappa shape index (κ3) is 4.46. The van der Waals surface area contributed by atoms with E-state index in [0.29, 0.717) is 28.0 Å². The number of pyridine rings is 1. The first kappa shape index (κ1) is 17.3. The molecular formula is C16H12F3N3O2. The molecule has 24 heavy (non-hydrogen) atoms. The lowest BCUT2D eigenvalue weighted by Gasteiger charge is -2.11. The molecule has 0 aliphatic heterocycles. The normalized spacial score (nSPS) is 10.9. The van der Waals surface area contributed by atoms with Gasteiger partial charge < -0.3 is 9.88 Å². The number of nitrogens with one attached hydrogen (secondary N) is 1. The Bertz CT molecular complexity index is 851. The second kappa shape index (κ2) is 7.00. The number of nitrogens with zero attached hydrogens (tertiary/aromatic N) is 2. The Hall–Kier alpha value is -3.08. The van der Waals surface area contributed by atoms with E-state index in [1.165, 1.54) is 0 Å². The molecule has 0 bridgehead atoms. The number of benzene rings is 1. The molecule has 2 rings (SSSR count). The first-order valence-corrected chi connectivity index (χ1v) is 6.83. The van der Waals surface area contributed by atoms with Crippen LogP contribution in [0.4, 0.5) is 13.2 Å². The van der Waals surface area contributed by atoms with Crippen molar-refractivity contribution in [2.75, 3.05) is 0 Å². The van der Waals surface area contributed by atoms with Crippen molar-refractivity contribution in [1.29, 1.82) is 5.26 Å². The van der Waals surface area contributed by atoms with Crippen molar-refractivity contribution < 1.29 is 18.0 Å². The average Bonchev–Trinajstić information content (AvgIpc) is 2.54. The van der Waals surface area contributed by atoms with E-state index in [-0.39, 0.29) is 6.54 Å². The minimum atomic E-state index is -4.59. The standard InChI is InChI=1S/C16H12F3N3O2/c17-16(18,19)13-4-5-15(24)22(9-13)10-14(23)21-8-12-3-1-2-11(6-12)7-20/h1-6,9H,8,10H2,(H,21,23). The quantitative estimate of drug-likeness (QED) is 0.929. The molecule has 1 heterocycles. The Labute approximate surface area is 135 Å². The maximum absolute atomic E-state index is 12.6. The molecular weight excluding hydrogens is 323 g/mol. The van der Waals surface area contributed by atoms with Crippen LogP contribution in [0.15, 0.2) is 47.4 Å². The number of hydrogen-bond acceptors (Lipinski definition) is 3. The summed E-state index contributed by atoms with van der Waals surface area (Å²) in [6.07, 6.45) is -3.98. The largest absolute Gasteiger partial charge is 0.417 e. The smallest absolute Gasteiger partial charge is 0.350 e. The zero-order valence-corrected chi connectivity index (χ0v) is 12.3. The molecule has 124 valence electrons. The second-order valence-corrected chi connectivity index (χ2v) is 4.97. The minimum Gasteiger partial charge on any atom is -0.350 e. The second-order valence-electron chi connectivity index (χ2n) is 4.97. The van der Waals surface area contributed by atoms with Crippen LogP contribution in [0.1, 0.15) is 16.7 Å². The summed E-state index contributed by atoms with van der Waals surface area (Å²) in [5.74, 6) is -0.612. The van der Waals surface area contributed by atoms with Crippen molar-refractivity contribution in [3.63, 3.8) is 0 Å². The fraction of sp³-hybridized carbons (Fsp3) is 0.188. The summed E-state index contributed by atoms with van der Waals surface area (Å²) in [7, 11) is 0. The highest BCUT2D eigenvalue weighted by Gasteiger charge is 2.31. The van der Waals surface area contributed by atoms with Gasteiger partial charge in [0.1, 0.15) is 6.54 Å². The van der Waals surface area contributed by atoms with Crippen LogP contribution in [0.3, 0.4) is 0 Å². The topological polar surface area (TPSA) is 74.9 Å². The number of halogens is 3. The maximum atomic E-state index is 12.6. The van der Waals surface area contributed by atoms with Crippen molar-refractivity contribution in [3.8, 4) is 6.07 Å². The Kier molecular flexibility index (Phi) is 5.04. The van der Waals surface area contributed by atoms with Gasteiger partial charge in [0.15, 0.2) is 0 Å². The fourth-order valence-corrected chi connectivity index (χ4v) is 1.98. The monoisotopic (exact) mass is 335 g/mol. The van der Waals surface area contributed by atoms with Crippen molar-refractivity contribution in [3.05, 3.63) is 69.6 Å². The predicted molar refractivity (Wildman–Crippen MR) is 78.7 cm³/mol. The summed E-state index contributed by atoms with van der Waals surface area (Å²) in [6.45, 7) is -0.428. The Morgan fingerprint density at radius 3 is 2.67 bits per heavy atom. The lowest BCUT2D eigenvalue weighted by molar-refractivity contribution is -0.138. The number of nitriles is 1. The van der Waals surface area contributed by atoms with Gasteiger partial charge in [0, 0.05) is 18.8 Å². The Balaban J connectivity index is 2.05. The molecule has 8 heteroatoms. The highest BCUT2D eigenvalue weighted by atomic mass is 19.4. The zero-order chi connectivity index (χ0) is 17.7. The SMILES string of the molecule is N#Cc1cccc(CNC(=O)Cn2cc(C(F)(F)F)ccc2=O)c1. The fourth-order valence-electron chi connectivity index (χ4n) is 1.98. The Morgan fingerprint density at radius 1 is 1.25 bits per heavy atom. The van der Waals surface area contributed by atoms with Crippen LogP contribution in [-0.2, 0) is 24.1 Å². The third-order valence-electron chi connectivity index (χ3n) is 3.17. The molecule has 1 aromatic carbocycles. The van der Waals surface area contributed by atoms with E-state index < -0.39 is 29.8 Å². The minimum absolute atomic E-state index is 0.0993. The lowest BCUT2D eigenvalue weighted by Crippen LogP contribution is -2.32. The molecule has 0 aliphatic rings. The van der Waals surface area contributed by atoms with Crippen LogP contribution >= 0.6 is 0 Å². The summed E-state index contributed by atoms with van der Waals surface area (Å²) < 4.78 is 38.6. The molecule has 0 saturated carbocycles. The van der Waals surface area contributed by atoms with Gasteiger partial charge >= 0.3 is 6.18 Å². The van der Waals surface area contributed by atoms with E-state index in [1.807, 2.05) is 6.07 Å². The Morgan fingerprint density at radius 2 is 2.00 bits per heavy atom. The van der Waals surface area contributed by atoms with Gasteiger partial charge in [-0.25, -0.2) is 0 Å². The number of aromatic nitrogens is 1. The van der Waals surface area contributed by atoms with Crippen LogP contribution in [0.25, 0.3) is 0 Å². The predicted octanol–water partition coefficient (Wildman–Crippen LogP) is 2.06. The molecule has 1 aromatic heterocycles. The van der Waals surface area contributed by atoms with Gasteiger partial charge in [-0.3, -0.25) is 9.59 Å². The highest BCUT2D eigenvalue weighted by molar-refractivity contribution is 5.75. The summed E-state index contributed by atoms with van der Waals surface area (Å²) in [4.78, 5) is 23.4. The highest BCUT2D eigenvalue weighted by Crippen LogP contribution is 2.27. The summed E-state index contributed by atoms with van der Waals surface area (Å²) in [5.41, 5.74) is -0.615. The van der Waals surface area contributed by atoms with Crippen LogP contribution in [-0.4, -0.2) is 10.5 Å². The molecule has 2 aromatic rings. The molecule has 0 aliphatic carbocycles. The van der Waals surface area contributed by atoms with Gasteiger partial charge in [-0.1, -0.05) is 12.1 Å². The molecule has 1 amide bonds. The summed E-state index contributed by atoms with van der Waals surface area (Å²) >= 11 is 0. The van der Waals surface area contributed by atoms with Crippen molar-refractivity contribution in [2.45, 2.75) is 19.3 Å². The van der Waals surface area contributed by atoms with Gasteiger partial charge in [0.25, 0.3) is 5.56 Å². The number of amides is 1. The van der Waals surface area contributed by atoms with E-state index in [4.69, 9.17) is 5.26 Å². The zero-order valence-electron chi connectivity index (χ0n) is 12.3. The summed E-state index contributed by atoms with van der Waals surface area (Å²) in [6, 6.07) is 9.93. The van der Waals surface area contributed by atoms with Crippen LogP contribution in [0, 0.1) is 11.3 Å². The average molecular weight is 335 g/mol. The summed E-state index contributed by atoms with van der Waals surface area (Å²) in [5, 5.41) is 11.3. The van der Waals surface area contributed by atoms with Gasteiger partial charge in [-0.05, 0) is 23.8 Å². The molecule has 0 unspecified atom stereocenters. The number of rotatable bonds is 4. The number of carbonyl (C=O) groups excluding carboxylic acids is 1. The van der Waals surface area contributed by atoms with Gasteiger partial charge in [0.05, 0.1) is 17.2 Å². The molecule has 0 fully saturated rings. The van der Waals surface area contributed by atoms with E-state index in [1.54, 1.807) is 24.3 Å². The number of carbonyl (C=O) groups is 1. The molecule has 0 saturated heterocycles. The van der Waals surface area contributed by atoms with Gasteiger partial charge in [0.2, 0.25) is 5.91 Å². The lowest BCUT2D eigenvalue weighted by atomic mass is 10.1. The van der Waals surface area contributed by atoms with E-state index in [2.05, 4.69) is 5.32 Å². The van der Waals surface area contributed by atoms with Crippen molar-refractivity contribution in [2.24, 2.45) is 0 Å². The van der Waals surface area contributed by atoms with Crippen molar-refractivity contribution in [1.82, 2.24) is 9.88 Å². The van der Waals surface area contributed by atoms with E-state index in [0.717, 1.165) is 6.07 Å². The van der Waals surface area contributed by atoms with Crippen LogP contribution < -0.4 is 10.9 Å².